The van der Waals surface area contributed by atoms with Crippen molar-refractivity contribution in [1.82, 2.24) is 20.1 Å². The van der Waals surface area contributed by atoms with E-state index >= 15 is 0 Å². The fourth-order valence-corrected chi connectivity index (χ4v) is 4.00. The summed E-state index contributed by atoms with van der Waals surface area (Å²) in [7, 11) is 0. The topological polar surface area (TPSA) is 75.0 Å². The second-order valence-corrected chi connectivity index (χ2v) is 7.79. The third-order valence-electron chi connectivity index (χ3n) is 5.80. The van der Waals surface area contributed by atoms with Crippen LogP contribution in [-0.4, -0.2) is 39.1 Å². The number of rotatable bonds is 4. The highest BCUT2D eigenvalue weighted by atomic mass is 16.4. The lowest BCUT2D eigenvalue weighted by molar-refractivity contribution is -0.130. The van der Waals surface area contributed by atoms with Crippen molar-refractivity contribution in [3.8, 4) is 11.5 Å². The monoisotopic (exact) mass is 376 g/mol. The van der Waals surface area contributed by atoms with E-state index in [-0.39, 0.29) is 12.3 Å². The minimum absolute atomic E-state index is 0.113. The zero-order valence-corrected chi connectivity index (χ0v) is 16.1. The van der Waals surface area contributed by atoms with Crippen molar-refractivity contribution in [1.29, 1.82) is 0 Å². The van der Waals surface area contributed by atoms with Gasteiger partial charge in [-0.05, 0) is 43.9 Å². The number of nitrogens with zero attached hydrogens (tertiary/aromatic N) is 3. The molecule has 6 heteroatoms. The van der Waals surface area contributed by atoms with Crippen LogP contribution in [0.5, 0.6) is 0 Å². The largest absolute Gasteiger partial charge is 0.441 e. The highest BCUT2D eigenvalue weighted by Gasteiger charge is 2.31. The molecule has 0 atom stereocenters. The smallest absolute Gasteiger partial charge is 0.228 e. The van der Waals surface area contributed by atoms with Crippen LogP contribution < -0.4 is 0 Å². The van der Waals surface area contributed by atoms with Gasteiger partial charge in [0, 0.05) is 36.7 Å². The predicted molar refractivity (Wildman–Crippen MR) is 105 cm³/mol. The van der Waals surface area contributed by atoms with Crippen molar-refractivity contribution in [2.45, 2.75) is 44.9 Å². The van der Waals surface area contributed by atoms with Crippen LogP contribution in [0.25, 0.3) is 11.5 Å². The molecule has 0 spiro atoms. The van der Waals surface area contributed by atoms with E-state index in [0.29, 0.717) is 17.6 Å². The Morgan fingerprint density at radius 3 is 2.79 bits per heavy atom. The number of aromatic nitrogens is 3. The first-order valence-corrected chi connectivity index (χ1v) is 10.0. The van der Waals surface area contributed by atoms with E-state index in [0.717, 1.165) is 37.2 Å². The molecule has 1 fully saturated rings. The Hall–Kier alpha value is -2.89. The molecule has 1 saturated carbocycles. The molecular weight excluding hydrogens is 352 g/mol. The summed E-state index contributed by atoms with van der Waals surface area (Å²) in [4.78, 5) is 19.5. The lowest BCUT2D eigenvalue weighted by atomic mass is 10.1. The minimum atomic E-state index is 0.113. The first-order chi connectivity index (χ1) is 13.7. The van der Waals surface area contributed by atoms with Crippen molar-refractivity contribution in [2.24, 2.45) is 0 Å². The van der Waals surface area contributed by atoms with Crippen LogP contribution in [-0.2, 0) is 24.1 Å². The van der Waals surface area contributed by atoms with E-state index < -0.39 is 0 Å². The molecule has 144 valence electrons. The molecule has 0 bridgehead atoms. The van der Waals surface area contributed by atoms with Crippen LogP contribution in [0.15, 0.2) is 34.7 Å². The van der Waals surface area contributed by atoms with Gasteiger partial charge in [0.25, 0.3) is 0 Å². The maximum atomic E-state index is 12.9. The SMILES string of the molecule is Cc1oc(-c2ccccc2)nc1CC(=O)N1CCc2[nH]nc(C3CC3)c2CC1. The predicted octanol–water partition coefficient (Wildman–Crippen LogP) is 3.42. The van der Waals surface area contributed by atoms with Gasteiger partial charge in [0.1, 0.15) is 5.76 Å². The molecule has 1 aliphatic carbocycles. The summed E-state index contributed by atoms with van der Waals surface area (Å²) in [5, 5.41) is 7.74. The second-order valence-electron chi connectivity index (χ2n) is 7.79. The fraction of sp³-hybridized carbons (Fsp3) is 0.409. The van der Waals surface area contributed by atoms with Crippen LogP contribution in [0, 0.1) is 6.92 Å². The number of benzene rings is 1. The number of amides is 1. The van der Waals surface area contributed by atoms with Gasteiger partial charge in [0.15, 0.2) is 0 Å². The molecule has 2 aromatic heterocycles. The number of fused-ring (bicyclic) bond motifs is 1. The van der Waals surface area contributed by atoms with Crippen molar-refractivity contribution < 1.29 is 9.21 Å². The Kier molecular flexibility index (Phi) is 4.26. The van der Waals surface area contributed by atoms with E-state index in [2.05, 4.69) is 15.2 Å². The van der Waals surface area contributed by atoms with Crippen LogP contribution in [0.4, 0.5) is 0 Å². The molecule has 0 unspecified atom stereocenters. The zero-order chi connectivity index (χ0) is 19.1. The zero-order valence-electron chi connectivity index (χ0n) is 16.1. The Bertz CT molecular complexity index is 1000. The van der Waals surface area contributed by atoms with E-state index in [1.54, 1.807) is 0 Å². The fourth-order valence-electron chi connectivity index (χ4n) is 4.00. The van der Waals surface area contributed by atoms with Gasteiger partial charge >= 0.3 is 0 Å². The van der Waals surface area contributed by atoms with Gasteiger partial charge in [0.2, 0.25) is 11.8 Å². The van der Waals surface area contributed by atoms with Gasteiger partial charge in [-0.1, -0.05) is 18.2 Å². The molecule has 1 aliphatic heterocycles. The molecule has 1 N–H and O–H groups in total. The standard InChI is InChI=1S/C22H24N4O2/c1-14-19(23-22(28-14)16-5-3-2-4-6-16)13-20(27)26-11-9-17-18(10-12-26)24-25-21(17)15-7-8-15/h2-6,15H,7-13H2,1H3,(H,24,25). The van der Waals surface area contributed by atoms with E-state index in [4.69, 9.17) is 4.42 Å². The summed E-state index contributed by atoms with van der Waals surface area (Å²) in [5.41, 5.74) is 5.46. The number of aromatic amines is 1. The van der Waals surface area contributed by atoms with Crippen LogP contribution >= 0.6 is 0 Å². The van der Waals surface area contributed by atoms with Gasteiger partial charge in [-0.15, -0.1) is 0 Å². The van der Waals surface area contributed by atoms with Gasteiger partial charge in [-0.3, -0.25) is 9.89 Å². The number of carbonyl (C=O) groups is 1. The molecule has 5 rings (SSSR count). The Balaban J connectivity index is 1.28. The highest BCUT2D eigenvalue weighted by molar-refractivity contribution is 5.79. The number of oxazole rings is 1. The molecule has 3 aromatic rings. The summed E-state index contributed by atoms with van der Waals surface area (Å²) < 4.78 is 5.81. The van der Waals surface area contributed by atoms with E-state index in [1.165, 1.54) is 29.8 Å². The average molecular weight is 376 g/mol. The number of hydrogen-bond acceptors (Lipinski definition) is 4. The number of carbonyl (C=O) groups excluding carboxylic acids is 1. The molecule has 6 nitrogen and oxygen atoms in total. The van der Waals surface area contributed by atoms with Crippen molar-refractivity contribution in [2.75, 3.05) is 13.1 Å². The number of aryl methyl sites for hydroxylation is 1. The molecule has 1 amide bonds. The average Bonchev–Trinajstić information content (AvgIpc) is 3.44. The van der Waals surface area contributed by atoms with E-state index in [1.807, 2.05) is 42.2 Å². The Labute approximate surface area is 164 Å². The number of H-pyrrole nitrogens is 1. The van der Waals surface area contributed by atoms with Crippen LogP contribution in [0.2, 0.25) is 0 Å². The van der Waals surface area contributed by atoms with Gasteiger partial charge < -0.3 is 9.32 Å². The third kappa shape index (κ3) is 3.23. The molecule has 28 heavy (non-hydrogen) atoms. The van der Waals surface area contributed by atoms with Crippen molar-refractivity contribution >= 4 is 5.91 Å². The minimum Gasteiger partial charge on any atom is -0.441 e. The maximum absolute atomic E-state index is 12.9. The third-order valence-corrected chi connectivity index (χ3v) is 5.80. The molecule has 2 aliphatic rings. The summed E-state index contributed by atoms with van der Waals surface area (Å²) in [6.45, 7) is 3.34. The van der Waals surface area contributed by atoms with Crippen LogP contribution in [0.1, 0.15) is 47.2 Å². The molecule has 3 heterocycles. The highest BCUT2D eigenvalue weighted by Crippen LogP contribution is 2.41. The number of nitrogens with one attached hydrogen (secondary N) is 1. The Morgan fingerprint density at radius 2 is 2.00 bits per heavy atom. The first-order valence-electron chi connectivity index (χ1n) is 10.0. The van der Waals surface area contributed by atoms with Crippen LogP contribution in [0.3, 0.4) is 0 Å². The normalized spacial score (nSPS) is 16.7. The first kappa shape index (κ1) is 17.2. The summed E-state index contributed by atoms with van der Waals surface area (Å²) in [6, 6.07) is 9.80. The summed E-state index contributed by atoms with van der Waals surface area (Å²) >= 11 is 0. The lowest BCUT2D eigenvalue weighted by Gasteiger charge is -2.20. The molecule has 1 aromatic carbocycles. The second kappa shape index (κ2) is 6.93. The Morgan fingerprint density at radius 1 is 1.21 bits per heavy atom. The van der Waals surface area contributed by atoms with E-state index in [9.17, 15) is 4.79 Å². The molecular formula is C22H24N4O2. The summed E-state index contributed by atoms with van der Waals surface area (Å²) in [5.74, 6) is 2.04. The quantitative estimate of drug-likeness (QED) is 0.757. The van der Waals surface area contributed by atoms with Gasteiger partial charge in [-0.2, -0.15) is 5.10 Å². The number of hydrogen-bond donors (Lipinski definition) is 1. The lowest BCUT2D eigenvalue weighted by Crippen LogP contribution is -2.34. The van der Waals surface area contributed by atoms with Gasteiger partial charge in [0.05, 0.1) is 17.8 Å². The maximum Gasteiger partial charge on any atom is 0.228 e. The molecule has 0 radical (unpaired) electrons. The summed E-state index contributed by atoms with van der Waals surface area (Å²) in [6.07, 6.45) is 4.50. The molecule has 0 saturated heterocycles. The van der Waals surface area contributed by atoms with Crippen molar-refractivity contribution in [3.63, 3.8) is 0 Å². The van der Waals surface area contributed by atoms with Crippen molar-refractivity contribution in [3.05, 3.63) is 58.7 Å². The van der Waals surface area contributed by atoms with Gasteiger partial charge in [-0.25, -0.2) is 4.98 Å².